The van der Waals surface area contributed by atoms with Gasteiger partial charge in [0.2, 0.25) is 0 Å². The van der Waals surface area contributed by atoms with Gasteiger partial charge in [-0.2, -0.15) is 0 Å². The fourth-order valence-electron chi connectivity index (χ4n) is 3.16. The van der Waals surface area contributed by atoms with E-state index in [0.29, 0.717) is 0 Å². The first-order valence-electron chi connectivity index (χ1n) is 8.24. The maximum atomic E-state index is 12.9. The van der Waals surface area contributed by atoms with Crippen LogP contribution in [-0.2, 0) is 0 Å². The van der Waals surface area contributed by atoms with Crippen molar-refractivity contribution < 1.29 is 19.6 Å². The summed E-state index contributed by atoms with van der Waals surface area (Å²) < 4.78 is 0. The molecule has 7 nitrogen and oxygen atoms in total. The number of nitro groups is 1. The third kappa shape index (κ3) is 3.00. The Morgan fingerprint density at radius 1 is 0.862 bits per heavy atom. The first-order chi connectivity index (χ1) is 13.8. The van der Waals surface area contributed by atoms with Gasteiger partial charge >= 0.3 is 0 Å². The van der Waals surface area contributed by atoms with Crippen LogP contribution < -0.4 is 4.90 Å². The molecule has 0 aromatic heterocycles. The number of amides is 2. The van der Waals surface area contributed by atoms with E-state index in [-0.39, 0.29) is 27.6 Å². The number of hydrogen-bond acceptors (Lipinski definition) is 5. The average Bonchev–Trinajstić information content (AvgIpc) is 2.96. The Morgan fingerprint density at radius 2 is 1.38 bits per heavy atom. The van der Waals surface area contributed by atoms with Crippen LogP contribution in [0.5, 0.6) is 5.75 Å². The second-order valence-electron chi connectivity index (χ2n) is 6.24. The van der Waals surface area contributed by atoms with E-state index in [4.69, 9.17) is 23.2 Å². The van der Waals surface area contributed by atoms with Gasteiger partial charge in [0.1, 0.15) is 10.8 Å². The number of carbonyl (C=O) groups excluding carboxylic acids is 2. The molecule has 0 unspecified atom stereocenters. The fraction of sp³-hybridized carbons (Fsp3) is 0. The lowest BCUT2D eigenvalue weighted by Gasteiger charge is -2.14. The lowest BCUT2D eigenvalue weighted by Crippen LogP contribution is -2.29. The molecule has 1 N–H and O–H groups in total. The predicted octanol–water partition coefficient (Wildman–Crippen LogP) is 5.07. The number of nitro benzene ring substituents is 1. The number of phenolic OH excluding ortho intramolecular Hbond substituents is 1. The number of fused-ring (bicyclic) bond motifs is 1. The summed E-state index contributed by atoms with van der Waals surface area (Å²) in [6.07, 6.45) is 0. The maximum Gasteiger partial charge on any atom is 0.290 e. The normalized spacial score (nSPS) is 13.0. The standard InChI is InChI=1S/C20H10Cl2N2O5/c21-14-9-15(24(28)29)18(22)17-16(14)19(26)23(20(17)27)12-5-1-10(2-6-12)11-3-7-13(25)8-4-11/h1-9,25H. The minimum Gasteiger partial charge on any atom is -0.508 e. The lowest BCUT2D eigenvalue weighted by molar-refractivity contribution is -0.384. The Kier molecular flexibility index (Phi) is 4.49. The smallest absolute Gasteiger partial charge is 0.290 e. The summed E-state index contributed by atoms with van der Waals surface area (Å²) in [6.45, 7) is 0. The molecule has 9 heteroatoms. The second-order valence-corrected chi connectivity index (χ2v) is 7.02. The van der Waals surface area contributed by atoms with Crippen molar-refractivity contribution in [3.63, 3.8) is 0 Å². The zero-order chi connectivity index (χ0) is 20.9. The summed E-state index contributed by atoms with van der Waals surface area (Å²) in [7, 11) is 0. The van der Waals surface area contributed by atoms with E-state index in [9.17, 15) is 24.8 Å². The molecule has 0 fully saturated rings. The Bertz CT molecular complexity index is 1190. The molecular formula is C20H10Cl2N2O5. The highest BCUT2D eigenvalue weighted by Crippen LogP contribution is 2.41. The number of phenols is 1. The Hall–Kier alpha value is -3.42. The molecule has 0 saturated heterocycles. The molecule has 29 heavy (non-hydrogen) atoms. The highest BCUT2D eigenvalue weighted by Gasteiger charge is 2.42. The summed E-state index contributed by atoms with van der Waals surface area (Å²) in [4.78, 5) is 36.9. The quantitative estimate of drug-likeness (QED) is 0.356. The first-order valence-corrected chi connectivity index (χ1v) is 9.00. The van der Waals surface area contributed by atoms with Crippen molar-refractivity contribution in [2.45, 2.75) is 0 Å². The largest absolute Gasteiger partial charge is 0.508 e. The van der Waals surface area contributed by atoms with Crippen LogP contribution >= 0.6 is 23.2 Å². The average molecular weight is 429 g/mol. The number of halogens is 2. The van der Waals surface area contributed by atoms with Crippen LogP contribution in [0.1, 0.15) is 20.7 Å². The number of imide groups is 1. The summed E-state index contributed by atoms with van der Waals surface area (Å²) in [6, 6.07) is 14.1. The highest BCUT2D eigenvalue weighted by molar-refractivity contribution is 6.47. The third-order valence-electron chi connectivity index (χ3n) is 4.55. The van der Waals surface area contributed by atoms with Gasteiger partial charge in [-0.3, -0.25) is 19.7 Å². The number of aromatic hydroxyl groups is 1. The summed E-state index contributed by atoms with van der Waals surface area (Å²) >= 11 is 12.1. The van der Waals surface area contributed by atoms with Crippen LogP contribution in [0.15, 0.2) is 54.6 Å². The van der Waals surface area contributed by atoms with Gasteiger partial charge in [0.05, 0.1) is 26.8 Å². The van der Waals surface area contributed by atoms with Crippen LogP contribution in [0, 0.1) is 10.1 Å². The van der Waals surface area contributed by atoms with Crippen molar-refractivity contribution in [2.24, 2.45) is 0 Å². The molecule has 0 radical (unpaired) electrons. The zero-order valence-corrected chi connectivity index (χ0v) is 15.9. The maximum absolute atomic E-state index is 12.9. The minimum atomic E-state index is -0.780. The van der Waals surface area contributed by atoms with Crippen LogP contribution in [-0.4, -0.2) is 21.8 Å². The molecule has 3 aromatic rings. The van der Waals surface area contributed by atoms with Crippen LogP contribution in [0.25, 0.3) is 11.1 Å². The summed E-state index contributed by atoms with van der Waals surface area (Å²) in [5, 5.41) is 19.9. The topological polar surface area (TPSA) is 101 Å². The molecule has 2 amide bonds. The number of nitrogens with zero attached hydrogens (tertiary/aromatic N) is 2. The van der Waals surface area contributed by atoms with Crippen molar-refractivity contribution in [1.29, 1.82) is 0 Å². The van der Waals surface area contributed by atoms with Crippen molar-refractivity contribution >= 4 is 46.4 Å². The summed E-state index contributed by atoms with van der Waals surface area (Å²) in [5.41, 5.74) is 0.929. The number of hydrogen-bond donors (Lipinski definition) is 1. The van der Waals surface area contributed by atoms with E-state index < -0.39 is 27.4 Å². The van der Waals surface area contributed by atoms with Gasteiger partial charge in [-0.25, -0.2) is 4.90 Å². The van der Waals surface area contributed by atoms with E-state index in [1.807, 2.05) is 0 Å². The number of benzene rings is 3. The molecule has 0 bridgehead atoms. The van der Waals surface area contributed by atoms with Gasteiger partial charge in [-0.1, -0.05) is 47.5 Å². The van der Waals surface area contributed by atoms with E-state index in [2.05, 4.69) is 0 Å². The Balaban J connectivity index is 1.75. The number of anilines is 1. The van der Waals surface area contributed by atoms with Crippen LogP contribution in [0.4, 0.5) is 11.4 Å². The number of carbonyl (C=O) groups is 2. The third-order valence-corrected chi connectivity index (χ3v) is 5.23. The molecule has 1 aliphatic heterocycles. The summed E-state index contributed by atoms with van der Waals surface area (Å²) in [5.74, 6) is -1.35. The molecule has 0 saturated carbocycles. The van der Waals surface area contributed by atoms with E-state index in [0.717, 1.165) is 22.1 Å². The number of rotatable bonds is 3. The van der Waals surface area contributed by atoms with Crippen molar-refractivity contribution in [2.75, 3.05) is 4.90 Å². The molecule has 3 aromatic carbocycles. The van der Waals surface area contributed by atoms with E-state index >= 15 is 0 Å². The predicted molar refractivity (Wildman–Crippen MR) is 108 cm³/mol. The molecular weight excluding hydrogens is 419 g/mol. The molecule has 0 spiro atoms. The SMILES string of the molecule is O=C1c2c(Cl)cc([N+](=O)[O-])c(Cl)c2C(=O)N1c1ccc(-c2ccc(O)cc2)cc1. The Morgan fingerprint density at radius 3 is 1.93 bits per heavy atom. The van der Waals surface area contributed by atoms with Crippen molar-refractivity contribution in [3.05, 3.63) is 85.9 Å². The lowest BCUT2D eigenvalue weighted by atomic mass is 10.1. The first kappa shape index (κ1) is 18.9. The molecule has 0 atom stereocenters. The monoisotopic (exact) mass is 428 g/mol. The van der Waals surface area contributed by atoms with Crippen molar-refractivity contribution in [3.8, 4) is 16.9 Å². The van der Waals surface area contributed by atoms with E-state index in [1.54, 1.807) is 48.5 Å². The molecule has 4 rings (SSSR count). The second kappa shape index (κ2) is 6.88. The van der Waals surface area contributed by atoms with Gasteiger partial charge in [0.25, 0.3) is 17.5 Å². The van der Waals surface area contributed by atoms with Gasteiger partial charge in [0, 0.05) is 6.07 Å². The van der Waals surface area contributed by atoms with Crippen LogP contribution in [0.3, 0.4) is 0 Å². The molecule has 144 valence electrons. The van der Waals surface area contributed by atoms with Crippen molar-refractivity contribution in [1.82, 2.24) is 0 Å². The molecule has 1 aliphatic rings. The molecule has 0 aliphatic carbocycles. The Labute approximate surface area is 173 Å². The zero-order valence-electron chi connectivity index (χ0n) is 14.4. The van der Waals surface area contributed by atoms with Gasteiger partial charge in [-0.05, 0) is 35.4 Å². The van der Waals surface area contributed by atoms with Gasteiger partial charge < -0.3 is 5.11 Å². The fourth-order valence-corrected chi connectivity index (χ4v) is 3.74. The van der Waals surface area contributed by atoms with E-state index in [1.165, 1.54) is 0 Å². The minimum absolute atomic E-state index is 0.138. The van der Waals surface area contributed by atoms with Gasteiger partial charge in [0.15, 0.2) is 0 Å². The molecule has 1 heterocycles. The highest BCUT2D eigenvalue weighted by atomic mass is 35.5. The van der Waals surface area contributed by atoms with Gasteiger partial charge in [-0.15, -0.1) is 0 Å². The van der Waals surface area contributed by atoms with Crippen LogP contribution in [0.2, 0.25) is 10.0 Å².